The standard InChI is InChI=1S/C10H11N3O3/c1-4(2)6-5(10(15)16)3-11-8-7(6)9(14)13-12-8/h3-4H,1-2H3,(H,15,16)(H2,11,12,13,14). The number of H-pyrrole nitrogens is 2. The van der Waals surface area contributed by atoms with Gasteiger partial charge in [-0.3, -0.25) is 15.0 Å². The van der Waals surface area contributed by atoms with Gasteiger partial charge >= 0.3 is 5.97 Å². The van der Waals surface area contributed by atoms with Crippen LogP contribution in [0, 0.1) is 0 Å². The van der Waals surface area contributed by atoms with E-state index in [1.165, 1.54) is 6.20 Å². The van der Waals surface area contributed by atoms with Gasteiger partial charge in [0.05, 0.1) is 10.9 Å². The van der Waals surface area contributed by atoms with Crippen LogP contribution in [0.4, 0.5) is 0 Å². The predicted molar refractivity (Wildman–Crippen MR) is 57.8 cm³/mol. The minimum absolute atomic E-state index is 0.0616. The third-order valence-electron chi connectivity index (χ3n) is 2.45. The molecule has 16 heavy (non-hydrogen) atoms. The highest BCUT2D eigenvalue weighted by Gasteiger charge is 2.19. The Kier molecular flexibility index (Phi) is 2.26. The highest BCUT2D eigenvalue weighted by Crippen LogP contribution is 2.24. The van der Waals surface area contributed by atoms with E-state index >= 15 is 0 Å². The Morgan fingerprint density at radius 2 is 2.12 bits per heavy atom. The lowest BCUT2D eigenvalue weighted by molar-refractivity contribution is 0.0695. The molecule has 0 aliphatic carbocycles. The number of rotatable bonds is 2. The molecule has 0 atom stereocenters. The molecule has 0 unspecified atom stereocenters. The van der Waals surface area contributed by atoms with Gasteiger partial charge in [0.1, 0.15) is 0 Å². The normalized spacial score (nSPS) is 11.2. The highest BCUT2D eigenvalue weighted by molar-refractivity contribution is 5.95. The summed E-state index contributed by atoms with van der Waals surface area (Å²) < 4.78 is 0. The molecule has 0 aliphatic rings. The van der Waals surface area contributed by atoms with Crippen molar-refractivity contribution in [2.75, 3.05) is 0 Å². The molecule has 0 saturated carbocycles. The topological polar surface area (TPSA) is 98.8 Å². The van der Waals surface area contributed by atoms with Crippen molar-refractivity contribution in [3.8, 4) is 0 Å². The highest BCUT2D eigenvalue weighted by atomic mass is 16.4. The summed E-state index contributed by atoms with van der Waals surface area (Å²) >= 11 is 0. The largest absolute Gasteiger partial charge is 0.478 e. The van der Waals surface area contributed by atoms with Crippen molar-refractivity contribution in [3.05, 3.63) is 27.7 Å². The number of aromatic amines is 2. The zero-order valence-corrected chi connectivity index (χ0v) is 8.87. The van der Waals surface area contributed by atoms with Crippen LogP contribution in [0.1, 0.15) is 35.7 Å². The summed E-state index contributed by atoms with van der Waals surface area (Å²) in [4.78, 5) is 26.5. The van der Waals surface area contributed by atoms with Crippen molar-refractivity contribution >= 4 is 17.0 Å². The fraction of sp³-hybridized carbons (Fsp3) is 0.300. The molecule has 0 spiro atoms. The van der Waals surface area contributed by atoms with Crippen LogP contribution in [-0.2, 0) is 0 Å². The molecule has 0 aromatic carbocycles. The summed E-state index contributed by atoms with van der Waals surface area (Å²) in [6.45, 7) is 3.68. The number of nitrogens with one attached hydrogen (secondary N) is 2. The second kappa shape index (κ2) is 3.48. The lowest BCUT2D eigenvalue weighted by Gasteiger charge is -2.09. The Bertz CT molecular complexity index is 609. The van der Waals surface area contributed by atoms with Crippen molar-refractivity contribution in [2.45, 2.75) is 19.8 Å². The molecule has 0 amide bonds. The lowest BCUT2D eigenvalue weighted by atomic mass is 9.96. The van der Waals surface area contributed by atoms with Crippen LogP contribution in [0.5, 0.6) is 0 Å². The zero-order chi connectivity index (χ0) is 11.9. The van der Waals surface area contributed by atoms with E-state index < -0.39 is 5.97 Å². The van der Waals surface area contributed by atoms with Gasteiger partial charge in [0.2, 0.25) is 0 Å². The number of hydrogen-bond acceptors (Lipinski definition) is 3. The number of nitrogens with zero attached hydrogens (tertiary/aromatic N) is 1. The average Bonchev–Trinajstić information content (AvgIpc) is 2.59. The molecule has 0 bridgehead atoms. The summed E-state index contributed by atoms with van der Waals surface area (Å²) in [5.41, 5.74) is 0.639. The van der Waals surface area contributed by atoms with E-state index in [9.17, 15) is 9.59 Å². The maximum absolute atomic E-state index is 11.6. The summed E-state index contributed by atoms with van der Waals surface area (Å²) in [6.07, 6.45) is 1.27. The number of aromatic nitrogens is 3. The predicted octanol–water partition coefficient (Wildman–Crippen LogP) is 1.07. The minimum Gasteiger partial charge on any atom is -0.478 e. The summed E-state index contributed by atoms with van der Waals surface area (Å²) in [6, 6.07) is 0. The minimum atomic E-state index is -1.07. The van der Waals surface area contributed by atoms with Crippen molar-refractivity contribution < 1.29 is 9.90 Å². The molecule has 3 N–H and O–H groups in total. The lowest BCUT2D eigenvalue weighted by Crippen LogP contribution is -2.09. The van der Waals surface area contributed by atoms with Gasteiger partial charge in [-0.15, -0.1) is 0 Å². The molecule has 84 valence electrons. The molecule has 2 rings (SSSR count). The monoisotopic (exact) mass is 221 g/mol. The Morgan fingerprint density at radius 1 is 1.44 bits per heavy atom. The quantitative estimate of drug-likeness (QED) is 0.706. The van der Waals surface area contributed by atoms with E-state index in [0.717, 1.165) is 0 Å². The van der Waals surface area contributed by atoms with Crippen LogP contribution in [0.25, 0.3) is 11.0 Å². The van der Waals surface area contributed by atoms with Gasteiger partial charge in [0.25, 0.3) is 5.56 Å². The van der Waals surface area contributed by atoms with E-state index in [2.05, 4.69) is 15.2 Å². The van der Waals surface area contributed by atoms with Crippen LogP contribution in [0.2, 0.25) is 0 Å². The number of hydrogen-bond donors (Lipinski definition) is 3. The number of fused-ring (bicyclic) bond motifs is 1. The SMILES string of the molecule is CC(C)c1c(C(=O)O)cnc2[nH][nH]c(=O)c12. The maximum atomic E-state index is 11.6. The van der Waals surface area contributed by atoms with E-state index in [1.54, 1.807) is 0 Å². The Morgan fingerprint density at radius 3 is 2.69 bits per heavy atom. The fourth-order valence-electron chi connectivity index (χ4n) is 1.80. The first-order chi connectivity index (χ1) is 7.52. The molecular formula is C10H11N3O3. The van der Waals surface area contributed by atoms with Crippen molar-refractivity contribution in [1.29, 1.82) is 0 Å². The second-order valence-corrected chi connectivity index (χ2v) is 3.85. The van der Waals surface area contributed by atoms with Gasteiger partial charge < -0.3 is 5.11 Å². The smallest absolute Gasteiger partial charge is 0.337 e. The Balaban J connectivity index is 2.94. The summed E-state index contributed by atoms with van der Waals surface area (Å²) in [7, 11) is 0. The van der Waals surface area contributed by atoms with Crippen LogP contribution in [0.15, 0.2) is 11.0 Å². The van der Waals surface area contributed by atoms with Crippen LogP contribution < -0.4 is 5.56 Å². The van der Waals surface area contributed by atoms with Gasteiger partial charge in [-0.05, 0) is 11.5 Å². The Labute approximate surface area is 90.3 Å². The van der Waals surface area contributed by atoms with E-state index in [4.69, 9.17) is 5.11 Å². The van der Waals surface area contributed by atoms with Crippen LogP contribution in [-0.4, -0.2) is 26.3 Å². The van der Waals surface area contributed by atoms with Crippen LogP contribution in [0.3, 0.4) is 0 Å². The molecule has 2 heterocycles. The third kappa shape index (κ3) is 1.39. The zero-order valence-electron chi connectivity index (χ0n) is 8.87. The van der Waals surface area contributed by atoms with E-state index in [1.807, 2.05) is 13.8 Å². The second-order valence-electron chi connectivity index (χ2n) is 3.85. The number of carboxylic acid groups (broad SMARTS) is 1. The number of aromatic carboxylic acids is 1. The Hall–Kier alpha value is -2.11. The van der Waals surface area contributed by atoms with E-state index in [0.29, 0.717) is 16.6 Å². The third-order valence-corrected chi connectivity index (χ3v) is 2.45. The molecule has 0 radical (unpaired) electrons. The first kappa shape index (κ1) is 10.4. The number of pyridine rings is 1. The van der Waals surface area contributed by atoms with Gasteiger partial charge in [-0.1, -0.05) is 13.8 Å². The maximum Gasteiger partial charge on any atom is 0.337 e. The number of carbonyl (C=O) groups is 1. The summed E-state index contributed by atoms with van der Waals surface area (Å²) in [5, 5.41) is 14.4. The van der Waals surface area contributed by atoms with Crippen molar-refractivity contribution in [3.63, 3.8) is 0 Å². The van der Waals surface area contributed by atoms with Gasteiger partial charge in [0.15, 0.2) is 5.65 Å². The molecule has 6 heteroatoms. The first-order valence-corrected chi connectivity index (χ1v) is 4.85. The molecule has 6 nitrogen and oxygen atoms in total. The number of carboxylic acids is 1. The van der Waals surface area contributed by atoms with Crippen molar-refractivity contribution in [1.82, 2.24) is 15.2 Å². The van der Waals surface area contributed by atoms with Crippen LogP contribution >= 0.6 is 0 Å². The first-order valence-electron chi connectivity index (χ1n) is 4.85. The average molecular weight is 221 g/mol. The molecular weight excluding hydrogens is 210 g/mol. The molecule has 0 saturated heterocycles. The van der Waals surface area contributed by atoms with Crippen molar-refractivity contribution in [2.24, 2.45) is 0 Å². The molecule has 0 fully saturated rings. The molecule has 2 aromatic rings. The molecule has 2 aromatic heterocycles. The van der Waals surface area contributed by atoms with Gasteiger partial charge in [0, 0.05) is 6.20 Å². The fourth-order valence-corrected chi connectivity index (χ4v) is 1.80. The van der Waals surface area contributed by atoms with E-state index in [-0.39, 0.29) is 17.0 Å². The summed E-state index contributed by atoms with van der Waals surface area (Å²) in [5.74, 6) is -1.13. The van der Waals surface area contributed by atoms with Gasteiger partial charge in [-0.2, -0.15) is 0 Å². The van der Waals surface area contributed by atoms with Gasteiger partial charge in [-0.25, -0.2) is 9.78 Å². The molecule has 0 aliphatic heterocycles.